The van der Waals surface area contributed by atoms with Crippen LogP contribution in [0.2, 0.25) is 0 Å². The molecule has 1 aliphatic rings. The van der Waals surface area contributed by atoms with Crippen molar-refractivity contribution < 1.29 is 9.59 Å². The van der Waals surface area contributed by atoms with Crippen LogP contribution in [0.1, 0.15) is 25.0 Å². The van der Waals surface area contributed by atoms with Crippen LogP contribution < -0.4 is 10.2 Å². The minimum atomic E-state index is -0.477. The van der Waals surface area contributed by atoms with Gasteiger partial charge in [-0.05, 0) is 55.4 Å². The summed E-state index contributed by atoms with van der Waals surface area (Å²) in [7, 11) is 0. The summed E-state index contributed by atoms with van der Waals surface area (Å²) in [5, 5.41) is 3.74. The van der Waals surface area contributed by atoms with Crippen molar-refractivity contribution in [3.8, 4) is 0 Å². The summed E-state index contributed by atoms with van der Waals surface area (Å²) in [4.78, 5) is 27.2. The number of fused-ring (bicyclic) bond motifs is 1. The summed E-state index contributed by atoms with van der Waals surface area (Å²) in [6, 6.07) is 15.6. The first kappa shape index (κ1) is 19.1. The summed E-state index contributed by atoms with van der Waals surface area (Å²) < 4.78 is 2.10. The minimum Gasteiger partial charge on any atom is -0.347 e. The van der Waals surface area contributed by atoms with Gasteiger partial charge in [0.1, 0.15) is 5.57 Å². The fourth-order valence-corrected chi connectivity index (χ4v) is 3.86. The molecule has 0 bridgehead atoms. The van der Waals surface area contributed by atoms with E-state index in [9.17, 15) is 9.59 Å². The van der Waals surface area contributed by atoms with Crippen LogP contribution in [0, 0.1) is 0 Å². The maximum Gasteiger partial charge on any atom is 0.270 e. The van der Waals surface area contributed by atoms with Gasteiger partial charge in [-0.1, -0.05) is 37.3 Å². The van der Waals surface area contributed by atoms with Crippen LogP contribution in [0.3, 0.4) is 0 Å². The smallest absolute Gasteiger partial charge is 0.270 e. The highest BCUT2D eigenvalue weighted by Crippen LogP contribution is 2.26. The molecule has 1 aromatic heterocycles. The van der Waals surface area contributed by atoms with Gasteiger partial charge in [-0.2, -0.15) is 0 Å². The van der Waals surface area contributed by atoms with Crippen molar-refractivity contribution in [3.05, 3.63) is 71.4 Å². The molecule has 0 spiro atoms. The van der Waals surface area contributed by atoms with Crippen molar-refractivity contribution in [1.29, 1.82) is 0 Å². The van der Waals surface area contributed by atoms with Gasteiger partial charge in [-0.15, -0.1) is 0 Å². The Bertz CT molecular complexity index is 1160. The Morgan fingerprint density at radius 3 is 2.45 bits per heavy atom. The number of anilines is 1. The Morgan fingerprint density at radius 1 is 1.03 bits per heavy atom. The largest absolute Gasteiger partial charge is 0.347 e. The normalized spacial score (nSPS) is 16.0. The highest BCUT2D eigenvalue weighted by atomic mass is 32.1. The molecule has 3 aromatic rings. The maximum absolute atomic E-state index is 13.2. The van der Waals surface area contributed by atoms with Crippen LogP contribution in [-0.4, -0.2) is 21.5 Å². The third kappa shape index (κ3) is 3.36. The van der Waals surface area contributed by atoms with E-state index in [4.69, 9.17) is 12.2 Å². The second kappa shape index (κ2) is 7.64. The van der Waals surface area contributed by atoms with Crippen LogP contribution in [-0.2, 0) is 22.6 Å². The third-order valence-electron chi connectivity index (χ3n) is 5.16. The lowest BCUT2D eigenvalue weighted by Gasteiger charge is -2.29. The molecule has 6 heteroatoms. The second-order valence-electron chi connectivity index (χ2n) is 6.87. The monoisotopic (exact) mass is 403 g/mol. The first-order valence-corrected chi connectivity index (χ1v) is 10.0. The zero-order valence-corrected chi connectivity index (χ0v) is 17.1. The molecule has 1 aliphatic heterocycles. The van der Waals surface area contributed by atoms with Gasteiger partial charge in [0.2, 0.25) is 0 Å². The Hall–Kier alpha value is -3.25. The number of aromatic nitrogens is 1. The lowest BCUT2D eigenvalue weighted by atomic mass is 10.1. The molecule has 4 rings (SSSR count). The molecule has 0 saturated carbocycles. The lowest BCUT2D eigenvalue weighted by molar-refractivity contribution is -0.122. The van der Waals surface area contributed by atoms with Crippen molar-refractivity contribution in [2.75, 3.05) is 4.90 Å². The molecule has 0 unspecified atom stereocenters. The second-order valence-corrected chi connectivity index (χ2v) is 7.25. The topological polar surface area (TPSA) is 54.3 Å². The van der Waals surface area contributed by atoms with Gasteiger partial charge in [0.05, 0.1) is 5.69 Å². The number of carbonyl (C=O) groups is 2. The van der Waals surface area contributed by atoms with Crippen molar-refractivity contribution in [3.63, 3.8) is 0 Å². The molecule has 2 heterocycles. The number of benzene rings is 2. The van der Waals surface area contributed by atoms with E-state index in [1.807, 2.05) is 54.7 Å². The van der Waals surface area contributed by atoms with E-state index in [0.717, 1.165) is 35.0 Å². The number of hydrogen-bond donors (Lipinski definition) is 1. The quantitative estimate of drug-likeness (QED) is 0.406. The van der Waals surface area contributed by atoms with Gasteiger partial charge in [-0.3, -0.25) is 19.8 Å². The van der Waals surface area contributed by atoms with E-state index in [-0.39, 0.29) is 10.7 Å². The fourth-order valence-electron chi connectivity index (χ4n) is 3.58. The molecule has 0 atom stereocenters. The van der Waals surface area contributed by atoms with Crippen LogP contribution in [0.5, 0.6) is 0 Å². The molecule has 1 saturated heterocycles. The lowest BCUT2D eigenvalue weighted by Crippen LogP contribution is -2.54. The molecule has 29 heavy (non-hydrogen) atoms. The minimum absolute atomic E-state index is 0.0668. The van der Waals surface area contributed by atoms with Gasteiger partial charge < -0.3 is 4.57 Å². The Morgan fingerprint density at radius 2 is 1.76 bits per heavy atom. The van der Waals surface area contributed by atoms with E-state index in [1.54, 1.807) is 6.08 Å². The number of rotatable bonds is 4. The van der Waals surface area contributed by atoms with E-state index in [1.165, 1.54) is 4.90 Å². The van der Waals surface area contributed by atoms with Gasteiger partial charge in [0, 0.05) is 29.2 Å². The zero-order chi connectivity index (χ0) is 20.5. The number of thiocarbonyl (C=S) groups is 1. The molecule has 2 aromatic carbocycles. The third-order valence-corrected chi connectivity index (χ3v) is 5.45. The van der Waals surface area contributed by atoms with E-state index in [2.05, 4.69) is 23.7 Å². The molecule has 0 aliphatic carbocycles. The summed E-state index contributed by atoms with van der Waals surface area (Å²) in [6.45, 7) is 4.92. The van der Waals surface area contributed by atoms with Gasteiger partial charge in [0.15, 0.2) is 5.11 Å². The summed E-state index contributed by atoms with van der Waals surface area (Å²) in [6.07, 6.45) is 4.52. The van der Waals surface area contributed by atoms with Crippen molar-refractivity contribution in [1.82, 2.24) is 9.88 Å². The number of nitrogens with one attached hydrogen (secondary N) is 1. The number of nitrogens with zero attached hydrogens (tertiary/aromatic N) is 2. The van der Waals surface area contributed by atoms with Crippen molar-refractivity contribution in [2.24, 2.45) is 0 Å². The molecule has 5 nitrogen and oxygen atoms in total. The Kier molecular flexibility index (Phi) is 5.03. The van der Waals surface area contributed by atoms with E-state index < -0.39 is 11.8 Å². The number of carbonyl (C=O) groups excluding carboxylic acids is 2. The van der Waals surface area contributed by atoms with Crippen molar-refractivity contribution >= 4 is 51.8 Å². The Balaban J connectivity index is 1.78. The molecule has 2 amide bonds. The maximum atomic E-state index is 13.2. The molecular weight excluding hydrogens is 382 g/mol. The molecule has 1 fully saturated rings. The first-order chi connectivity index (χ1) is 14.0. The summed E-state index contributed by atoms with van der Waals surface area (Å²) in [5.74, 6) is -0.897. The predicted octanol–water partition coefficient (Wildman–Crippen LogP) is 4.05. The van der Waals surface area contributed by atoms with Gasteiger partial charge in [-0.25, -0.2) is 0 Å². The number of para-hydroxylation sites is 1. The summed E-state index contributed by atoms with van der Waals surface area (Å²) in [5.41, 5.74) is 3.76. The average molecular weight is 404 g/mol. The Labute approximate surface area is 174 Å². The molecular formula is C23H21N3O2S. The van der Waals surface area contributed by atoms with Crippen molar-refractivity contribution in [2.45, 2.75) is 26.8 Å². The van der Waals surface area contributed by atoms with Crippen LogP contribution >= 0.6 is 12.2 Å². The van der Waals surface area contributed by atoms with E-state index in [0.29, 0.717) is 5.69 Å². The van der Waals surface area contributed by atoms with Crippen LogP contribution in [0.4, 0.5) is 5.69 Å². The number of aryl methyl sites for hydroxylation is 2. The SMILES string of the molecule is CCc1ccc(N2C(=O)/C(=C/c3cn(CC)c4ccccc34)C(=O)NC2=S)cc1. The number of amides is 2. The standard InChI is InChI=1S/C23H21N3O2S/c1-3-15-9-11-17(12-10-15)26-22(28)19(21(27)24-23(26)29)13-16-14-25(4-2)20-8-6-5-7-18(16)20/h5-14H,3-4H2,1-2H3,(H,24,27,29)/b19-13+. The van der Waals surface area contributed by atoms with E-state index >= 15 is 0 Å². The summed E-state index contributed by atoms with van der Waals surface area (Å²) >= 11 is 5.28. The van der Waals surface area contributed by atoms with Gasteiger partial charge in [0.25, 0.3) is 11.8 Å². The zero-order valence-electron chi connectivity index (χ0n) is 16.3. The molecule has 146 valence electrons. The predicted molar refractivity (Wildman–Crippen MR) is 120 cm³/mol. The van der Waals surface area contributed by atoms with Crippen LogP contribution in [0.15, 0.2) is 60.3 Å². The molecule has 1 N–H and O–H groups in total. The highest BCUT2D eigenvalue weighted by Gasteiger charge is 2.34. The number of hydrogen-bond acceptors (Lipinski definition) is 3. The molecule has 0 radical (unpaired) electrons. The first-order valence-electron chi connectivity index (χ1n) is 9.61. The fraction of sp³-hybridized carbons (Fsp3) is 0.174. The van der Waals surface area contributed by atoms with Crippen LogP contribution in [0.25, 0.3) is 17.0 Å². The highest BCUT2D eigenvalue weighted by molar-refractivity contribution is 7.80. The average Bonchev–Trinajstić information content (AvgIpc) is 3.09. The van der Waals surface area contributed by atoms with Gasteiger partial charge >= 0.3 is 0 Å².